The summed E-state index contributed by atoms with van der Waals surface area (Å²) in [6.07, 6.45) is 2.36. The first kappa shape index (κ1) is 14.8. The Bertz CT molecular complexity index is 522. The first-order valence-corrected chi connectivity index (χ1v) is 7.04. The molecular weight excluding hydrogens is 274 g/mol. The van der Waals surface area contributed by atoms with Gasteiger partial charge >= 0.3 is 0 Å². The molecule has 1 heterocycles. The van der Waals surface area contributed by atoms with Gasteiger partial charge in [0.1, 0.15) is 17.6 Å². The second kappa shape index (κ2) is 7.82. The van der Waals surface area contributed by atoms with Crippen LogP contribution in [0.1, 0.15) is 18.9 Å². The molecule has 0 saturated heterocycles. The fourth-order valence-electron chi connectivity index (χ4n) is 1.80. The van der Waals surface area contributed by atoms with Gasteiger partial charge in [0, 0.05) is 19.2 Å². The van der Waals surface area contributed by atoms with Gasteiger partial charge in [-0.15, -0.1) is 0 Å². The van der Waals surface area contributed by atoms with E-state index in [1.54, 1.807) is 6.07 Å². The molecule has 1 N–H and O–H groups in total. The Kier molecular flexibility index (Phi) is 5.77. The summed E-state index contributed by atoms with van der Waals surface area (Å²) in [6.45, 7) is 3.66. The average Bonchev–Trinajstić information content (AvgIpc) is 2.47. The number of hydrogen-bond acceptors (Lipinski definition) is 4. The summed E-state index contributed by atoms with van der Waals surface area (Å²) in [7, 11) is 0. The highest BCUT2D eigenvalue weighted by Crippen LogP contribution is 2.13. The molecule has 5 heteroatoms. The molecule has 0 aliphatic carbocycles. The topological polar surface area (TPSA) is 47.0 Å². The van der Waals surface area contributed by atoms with E-state index in [-0.39, 0.29) is 6.10 Å². The summed E-state index contributed by atoms with van der Waals surface area (Å²) in [5.41, 5.74) is 1.26. The molecule has 0 amide bonds. The SMILES string of the molecule is CCC(CNCc1ccccc1)Oc1cc(Cl)ncn1. The molecule has 0 aliphatic rings. The number of nitrogens with zero attached hydrogens (tertiary/aromatic N) is 2. The minimum atomic E-state index is 0.0599. The van der Waals surface area contributed by atoms with E-state index in [9.17, 15) is 0 Å². The molecule has 1 aromatic carbocycles. The molecule has 2 rings (SSSR count). The van der Waals surface area contributed by atoms with Crippen molar-refractivity contribution in [2.45, 2.75) is 26.0 Å². The predicted molar refractivity (Wildman–Crippen MR) is 79.9 cm³/mol. The normalized spacial score (nSPS) is 12.1. The summed E-state index contributed by atoms with van der Waals surface area (Å²) in [4.78, 5) is 7.88. The molecule has 1 aromatic heterocycles. The zero-order valence-corrected chi connectivity index (χ0v) is 12.2. The summed E-state index contributed by atoms with van der Waals surface area (Å²) in [5.74, 6) is 0.512. The Labute approximate surface area is 124 Å². The summed E-state index contributed by atoms with van der Waals surface area (Å²) in [6, 6.07) is 11.9. The molecule has 1 unspecified atom stereocenters. The quantitative estimate of drug-likeness (QED) is 0.797. The number of ether oxygens (including phenoxy) is 1. The molecule has 1 atom stereocenters. The minimum Gasteiger partial charge on any atom is -0.473 e. The molecule has 0 spiro atoms. The van der Waals surface area contributed by atoms with Gasteiger partial charge in [0.2, 0.25) is 5.88 Å². The van der Waals surface area contributed by atoms with E-state index in [0.29, 0.717) is 11.0 Å². The van der Waals surface area contributed by atoms with Crippen LogP contribution in [-0.2, 0) is 6.54 Å². The molecule has 0 bridgehead atoms. The number of rotatable bonds is 7. The third kappa shape index (κ3) is 4.79. The van der Waals surface area contributed by atoms with E-state index in [2.05, 4.69) is 34.3 Å². The van der Waals surface area contributed by atoms with Crippen molar-refractivity contribution in [3.05, 3.63) is 53.4 Å². The van der Waals surface area contributed by atoms with Crippen LogP contribution in [0.5, 0.6) is 5.88 Å². The van der Waals surface area contributed by atoms with Gasteiger partial charge in [-0.3, -0.25) is 0 Å². The molecule has 0 fully saturated rings. The van der Waals surface area contributed by atoms with Crippen LogP contribution >= 0.6 is 11.6 Å². The number of nitrogens with one attached hydrogen (secondary N) is 1. The maximum atomic E-state index is 5.81. The van der Waals surface area contributed by atoms with Crippen LogP contribution in [0.25, 0.3) is 0 Å². The van der Waals surface area contributed by atoms with Crippen molar-refractivity contribution in [2.24, 2.45) is 0 Å². The molecule has 2 aromatic rings. The summed E-state index contributed by atoms with van der Waals surface area (Å²) in [5, 5.41) is 3.78. The van der Waals surface area contributed by atoms with E-state index in [1.807, 2.05) is 18.2 Å². The lowest BCUT2D eigenvalue weighted by atomic mass is 10.2. The minimum absolute atomic E-state index is 0.0599. The van der Waals surface area contributed by atoms with Gasteiger partial charge in [-0.2, -0.15) is 0 Å². The van der Waals surface area contributed by atoms with E-state index >= 15 is 0 Å². The highest BCUT2D eigenvalue weighted by Gasteiger charge is 2.09. The second-order valence-electron chi connectivity index (χ2n) is 4.44. The number of halogens is 1. The second-order valence-corrected chi connectivity index (χ2v) is 4.83. The highest BCUT2D eigenvalue weighted by atomic mass is 35.5. The first-order chi connectivity index (χ1) is 9.78. The lowest BCUT2D eigenvalue weighted by Gasteiger charge is -2.17. The van der Waals surface area contributed by atoms with Gasteiger partial charge in [-0.1, -0.05) is 48.9 Å². The van der Waals surface area contributed by atoms with Gasteiger partial charge in [-0.25, -0.2) is 9.97 Å². The van der Waals surface area contributed by atoms with Crippen LogP contribution < -0.4 is 10.1 Å². The van der Waals surface area contributed by atoms with Crippen LogP contribution in [0, 0.1) is 0 Å². The standard InChI is InChI=1S/C15H18ClN3O/c1-2-13(20-15-8-14(16)18-11-19-15)10-17-9-12-6-4-3-5-7-12/h3-8,11,13,17H,2,9-10H2,1H3. The molecule has 0 saturated carbocycles. The van der Waals surface area contributed by atoms with Crippen molar-refractivity contribution in [1.29, 1.82) is 0 Å². The molecule has 106 valence electrons. The van der Waals surface area contributed by atoms with Crippen molar-refractivity contribution >= 4 is 11.6 Å². The van der Waals surface area contributed by atoms with Crippen LogP contribution in [0.3, 0.4) is 0 Å². The smallest absolute Gasteiger partial charge is 0.218 e. The lowest BCUT2D eigenvalue weighted by Crippen LogP contribution is -2.30. The maximum absolute atomic E-state index is 5.81. The van der Waals surface area contributed by atoms with E-state index in [0.717, 1.165) is 19.5 Å². The fourth-order valence-corrected chi connectivity index (χ4v) is 1.93. The van der Waals surface area contributed by atoms with E-state index < -0.39 is 0 Å². The predicted octanol–water partition coefficient (Wildman–Crippen LogP) is 3.08. The summed E-state index contributed by atoms with van der Waals surface area (Å²) >= 11 is 5.81. The molecule has 0 radical (unpaired) electrons. The van der Waals surface area contributed by atoms with Crippen molar-refractivity contribution in [1.82, 2.24) is 15.3 Å². The Hall–Kier alpha value is -1.65. The van der Waals surface area contributed by atoms with Gasteiger partial charge in [0.05, 0.1) is 0 Å². The van der Waals surface area contributed by atoms with Crippen molar-refractivity contribution in [3.63, 3.8) is 0 Å². The molecular formula is C15H18ClN3O. The Balaban J connectivity index is 1.80. The van der Waals surface area contributed by atoms with Gasteiger partial charge in [-0.05, 0) is 12.0 Å². The third-order valence-corrected chi connectivity index (χ3v) is 3.10. The number of aromatic nitrogens is 2. The zero-order chi connectivity index (χ0) is 14.2. The molecule has 4 nitrogen and oxygen atoms in total. The Morgan fingerprint density at radius 2 is 2.05 bits per heavy atom. The Morgan fingerprint density at radius 3 is 2.75 bits per heavy atom. The molecule has 0 aliphatic heterocycles. The van der Waals surface area contributed by atoms with Crippen molar-refractivity contribution in [3.8, 4) is 5.88 Å². The molecule has 20 heavy (non-hydrogen) atoms. The van der Waals surface area contributed by atoms with Crippen LogP contribution in [0.2, 0.25) is 5.15 Å². The average molecular weight is 292 g/mol. The zero-order valence-electron chi connectivity index (χ0n) is 11.4. The maximum Gasteiger partial charge on any atom is 0.218 e. The summed E-state index contributed by atoms with van der Waals surface area (Å²) < 4.78 is 5.78. The van der Waals surface area contributed by atoms with E-state index in [1.165, 1.54) is 11.9 Å². The van der Waals surface area contributed by atoms with Crippen molar-refractivity contribution < 1.29 is 4.74 Å². The van der Waals surface area contributed by atoms with Crippen LogP contribution in [0.15, 0.2) is 42.7 Å². The lowest BCUT2D eigenvalue weighted by molar-refractivity contribution is 0.185. The van der Waals surface area contributed by atoms with Gasteiger partial charge < -0.3 is 10.1 Å². The largest absolute Gasteiger partial charge is 0.473 e. The van der Waals surface area contributed by atoms with E-state index in [4.69, 9.17) is 16.3 Å². The van der Waals surface area contributed by atoms with Gasteiger partial charge in [0.25, 0.3) is 0 Å². The monoisotopic (exact) mass is 291 g/mol. The number of benzene rings is 1. The number of hydrogen-bond donors (Lipinski definition) is 1. The van der Waals surface area contributed by atoms with Crippen LogP contribution in [-0.4, -0.2) is 22.6 Å². The third-order valence-electron chi connectivity index (χ3n) is 2.90. The highest BCUT2D eigenvalue weighted by molar-refractivity contribution is 6.29. The van der Waals surface area contributed by atoms with Crippen molar-refractivity contribution in [2.75, 3.05) is 6.54 Å². The van der Waals surface area contributed by atoms with Gasteiger partial charge in [0.15, 0.2) is 0 Å². The Morgan fingerprint density at radius 1 is 1.25 bits per heavy atom. The first-order valence-electron chi connectivity index (χ1n) is 6.66. The fraction of sp³-hybridized carbons (Fsp3) is 0.333. The van der Waals surface area contributed by atoms with Crippen LogP contribution in [0.4, 0.5) is 0 Å².